The van der Waals surface area contributed by atoms with Crippen LogP contribution in [0.2, 0.25) is 0 Å². The fourth-order valence-electron chi connectivity index (χ4n) is 1.76. The predicted molar refractivity (Wildman–Crippen MR) is 79.6 cm³/mol. The molecule has 0 aliphatic rings. The summed E-state index contributed by atoms with van der Waals surface area (Å²) in [4.78, 5) is 11.8. The smallest absolute Gasteiger partial charge is 0.338 e. The van der Waals surface area contributed by atoms with Crippen molar-refractivity contribution < 1.29 is 9.53 Å². The first-order valence-corrected chi connectivity index (χ1v) is 7.29. The zero-order chi connectivity index (χ0) is 13.9. The molecule has 1 aromatic carbocycles. The molecule has 0 bridgehead atoms. The van der Waals surface area contributed by atoms with Gasteiger partial charge in [-0.25, -0.2) is 4.79 Å². The van der Waals surface area contributed by atoms with E-state index in [1.165, 1.54) is 12.8 Å². The number of unbranched alkanes of at least 4 members (excludes halogenated alkanes) is 3. The van der Waals surface area contributed by atoms with E-state index in [1.54, 1.807) is 6.07 Å². The van der Waals surface area contributed by atoms with E-state index in [1.807, 2.05) is 18.2 Å². The molecule has 0 heterocycles. The first kappa shape index (κ1) is 15.5. The van der Waals surface area contributed by atoms with E-state index in [4.69, 9.17) is 4.74 Å². The number of anilines is 1. The zero-order valence-corrected chi connectivity index (χ0v) is 12.1. The highest BCUT2D eigenvalue weighted by molar-refractivity contribution is 5.90. The summed E-state index contributed by atoms with van der Waals surface area (Å²) in [6.07, 6.45) is 5.55. The number of esters is 1. The van der Waals surface area contributed by atoms with Crippen molar-refractivity contribution in [2.45, 2.75) is 46.0 Å². The minimum atomic E-state index is -0.231. The van der Waals surface area contributed by atoms with Crippen LogP contribution in [0.5, 0.6) is 0 Å². The van der Waals surface area contributed by atoms with E-state index in [0.29, 0.717) is 12.2 Å². The standard InChI is InChI=1S/C16H25NO2/c1-3-5-7-11-17-15-10-8-9-14(13-15)16(18)19-12-6-4-2/h8-10,13,17H,3-7,11-12H2,1-2H3. The molecule has 0 unspecified atom stereocenters. The summed E-state index contributed by atoms with van der Waals surface area (Å²) in [7, 11) is 0. The molecule has 1 N–H and O–H groups in total. The molecule has 0 aromatic heterocycles. The van der Waals surface area contributed by atoms with Crippen LogP contribution >= 0.6 is 0 Å². The van der Waals surface area contributed by atoms with Gasteiger partial charge in [-0.2, -0.15) is 0 Å². The van der Waals surface area contributed by atoms with Gasteiger partial charge in [-0.3, -0.25) is 0 Å². The molecule has 0 fully saturated rings. The largest absolute Gasteiger partial charge is 0.462 e. The first-order valence-electron chi connectivity index (χ1n) is 7.29. The van der Waals surface area contributed by atoms with Gasteiger partial charge in [-0.1, -0.05) is 39.2 Å². The van der Waals surface area contributed by atoms with Gasteiger partial charge in [0.25, 0.3) is 0 Å². The number of carbonyl (C=O) groups is 1. The monoisotopic (exact) mass is 263 g/mol. The number of hydrogen-bond acceptors (Lipinski definition) is 3. The van der Waals surface area contributed by atoms with Crippen molar-refractivity contribution in [3.63, 3.8) is 0 Å². The third-order valence-electron chi connectivity index (χ3n) is 2.94. The second-order valence-electron chi connectivity index (χ2n) is 4.70. The van der Waals surface area contributed by atoms with E-state index in [-0.39, 0.29) is 5.97 Å². The van der Waals surface area contributed by atoms with Crippen molar-refractivity contribution >= 4 is 11.7 Å². The van der Waals surface area contributed by atoms with Crippen LogP contribution in [-0.2, 0) is 4.74 Å². The number of ether oxygens (including phenoxy) is 1. The van der Waals surface area contributed by atoms with Gasteiger partial charge in [0.2, 0.25) is 0 Å². The Hall–Kier alpha value is -1.51. The van der Waals surface area contributed by atoms with Crippen LogP contribution in [0.3, 0.4) is 0 Å². The lowest BCUT2D eigenvalue weighted by Gasteiger charge is -2.08. The minimum absolute atomic E-state index is 0.231. The summed E-state index contributed by atoms with van der Waals surface area (Å²) < 4.78 is 5.20. The molecule has 3 nitrogen and oxygen atoms in total. The van der Waals surface area contributed by atoms with Gasteiger partial charge in [-0.05, 0) is 31.0 Å². The van der Waals surface area contributed by atoms with Crippen LogP contribution in [0.25, 0.3) is 0 Å². The normalized spacial score (nSPS) is 10.2. The summed E-state index contributed by atoms with van der Waals surface area (Å²) in [5, 5.41) is 3.33. The van der Waals surface area contributed by atoms with Crippen molar-refractivity contribution in [3.05, 3.63) is 29.8 Å². The molecular formula is C16H25NO2. The molecule has 0 amide bonds. The van der Waals surface area contributed by atoms with Gasteiger partial charge in [-0.15, -0.1) is 0 Å². The maximum atomic E-state index is 11.8. The third kappa shape index (κ3) is 6.27. The van der Waals surface area contributed by atoms with Crippen molar-refractivity contribution in [2.24, 2.45) is 0 Å². The Balaban J connectivity index is 2.44. The Kier molecular flexibility index (Phi) is 7.71. The van der Waals surface area contributed by atoms with Crippen molar-refractivity contribution in [1.29, 1.82) is 0 Å². The highest BCUT2D eigenvalue weighted by atomic mass is 16.5. The molecule has 106 valence electrons. The maximum Gasteiger partial charge on any atom is 0.338 e. The average molecular weight is 263 g/mol. The summed E-state index contributed by atoms with van der Waals surface area (Å²) in [6.45, 7) is 5.72. The summed E-state index contributed by atoms with van der Waals surface area (Å²) in [5.74, 6) is -0.231. The third-order valence-corrected chi connectivity index (χ3v) is 2.94. The van der Waals surface area contributed by atoms with Crippen LogP contribution in [0.15, 0.2) is 24.3 Å². The van der Waals surface area contributed by atoms with Crippen LogP contribution in [-0.4, -0.2) is 19.1 Å². The van der Waals surface area contributed by atoms with Crippen LogP contribution < -0.4 is 5.32 Å². The molecule has 19 heavy (non-hydrogen) atoms. The highest BCUT2D eigenvalue weighted by Gasteiger charge is 2.07. The number of hydrogen-bond donors (Lipinski definition) is 1. The predicted octanol–water partition coefficient (Wildman–Crippen LogP) is 4.25. The Morgan fingerprint density at radius 1 is 1.16 bits per heavy atom. The van der Waals surface area contributed by atoms with Gasteiger partial charge in [0, 0.05) is 12.2 Å². The lowest BCUT2D eigenvalue weighted by atomic mass is 10.2. The maximum absolute atomic E-state index is 11.8. The lowest BCUT2D eigenvalue weighted by molar-refractivity contribution is 0.0500. The Morgan fingerprint density at radius 3 is 2.68 bits per heavy atom. The number of rotatable bonds is 9. The van der Waals surface area contributed by atoms with Gasteiger partial charge in [0.05, 0.1) is 12.2 Å². The highest BCUT2D eigenvalue weighted by Crippen LogP contribution is 2.12. The second-order valence-corrected chi connectivity index (χ2v) is 4.70. The minimum Gasteiger partial charge on any atom is -0.462 e. The quantitative estimate of drug-likeness (QED) is 0.535. The first-order chi connectivity index (χ1) is 9.27. The Labute approximate surface area is 116 Å². The lowest BCUT2D eigenvalue weighted by Crippen LogP contribution is -2.07. The molecule has 0 spiro atoms. The fourth-order valence-corrected chi connectivity index (χ4v) is 1.76. The van der Waals surface area contributed by atoms with Crippen LogP contribution in [0, 0.1) is 0 Å². The second kappa shape index (κ2) is 9.42. The Bertz CT molecular complexity index is 377. The molecule has 0 radical (unpaired) electrons. The molecule has 0 saturated heterocycles. The fraction of sp³-hybridized carbons (Fsp3) is 0.562. The van der Waals surface area contributed by atoms with E-state index in [0.717, 1.165) is 31.5 Å². The van der Waals surface area contributed by atoms with Crippen LogP contribution in [0.4, 0.5) is 5.69 Å². The van der Waals surface area contributed by atoms with Gasteiger partial charge < -0.3 is 10.1 Å². The molecule has 0 atom stereocenters. The SMILES string of the molecule is CCCCCNc1cccc(C(=O)OCCCC)c1. The average Bonchev–Trinajstić information content (AvgIpc) is 2.44. The van der Waals surface area contributed by atoms with E-state index in [9.17, 15) is 4.79 Å². The van der Waals surface area contributed by atoms with Gasteiger partial charge >= 0.3 is 5.97 Å². The summed E-state index contributed by atoms with van der Waals surface area (Å²) >= 11 is 0. The van der Waals surface area contributed by atoms with E-state index < -0.39 is 0 Å². The summed E-state index contributed by atoms with van der Waals surface area (Å²) in [5.41, 5.74) is 1.61. The zero-order valence-electron chi connectivity index (χ0n) is 12.1. The molecular weight excluding hydrogens is 238 g/mol. The number of carbonyl (C=O) groups excluding carboxylic acids is 1. The summed E-state index contributed by atoms with van der Waals surface area (Å²) in [6, 6.07) is 7.53. The molecule has 1 aromatic rings. The van der Waals surface area contributed by atoms with Gasteiger partial charge in [0.15, 0.2) is 0 Å². The molecule has 0 saturated carbocycles. The molecule has 0 aliphatic heterocycles. The Morgan fingerprint density at radius 2 is 1.95 bits per heavy atom. The van der Waals surface area contributed by atoms with E-state index in [2.05, 4.69) is 19.2 Å². The van der Waals surface area contributed by atoms with Crippen molar-refractivity contribution in [1.82, 2.24) is 0 Å². The topological polar surface area (TPSA) is 38.3 Å². The molecule has 1 rings (SSSR count). The van der Waals surface area contributed by atoms with Crippen LogP contribution in [0.1, 0.15) is 56.3 Å². The molecule has 0 aliphatic carbocycles. The van der Waals surface area contributed by atoms with Crippen molar-refractivity contribution in [2.75, 3.05) is 18.5 Å². The molecule has 3 heteroatoms. The number of benzene rings is 1. The number of nitrogens with one attached hydrogen (secondary N) is 1. The van der Waals surface area contributed by atoms with E-state index >= 15 is 0 Å². The van der Waals surface area contributed by atoms with Gasteiger partial charge in [0.1, 0.15) is 0 Å². The van der Waals surface area contributed by atoms with Crippen molar-refractivity contribution in [3.8, 4) is 0 Å².